The first-order valence-electron chi connectivity index (χ1n) is 7.47. The van der Waals surface area contributed by atoms with Crippen molar-refractivity contribution in [3.05, 3.63) is 29.8 Å². The molecule has 1 atom stereocenters. The molecule has 3 rings (SSSR count). The van der Waals surface area contributed by atoms with E-state index >= 15 is 0 Å². The minimum atomic E-state index is 0.217. The molecule has 0 aromatic heterocycles. The molecule has 4 nitrogen and oxygen atoms in total. The number of amides is 1. The smallest absolute Gasteiger partial charge is 0.237 e. The Kier molecular flexibility index (Phi) is 3.66. The van der Waals surface area contributed by atoms with Crippen molar-refractivity contribution in [3.63, 3.8) is 0 Å². The largest absolute Gasteiger partial charge is 0.372 e. The highest BCUT2D eigenvalue weighted by Crippen LogP contribution is 2.26. The van der Waals surface area contributed by atoms with Crippen LogP contribution in [0.5, 0.6) is 0 Å². The molecule has 0 saturated heterocycles. The number of carbonyl (C=O) groups is 1. The number of benzene rings is 1. The fourth-order valence-corrected chi connectivity index (χ4v) is 2.90. The standard InChI is InChI=1S/C16H23N3O/c1-12-10-18(2)15-6-4-3-5-13(15)11-19(12)16(20)9-17-14-7-8-14/h3-6,12,14,17H,7-11H2,1-2H3/t12-/m0/s1. The van der Waals surface area contributed by atoms with Gasteiger partial charge in [-0.05, 0) is 31.4 Å². The van der Waals surface area contributed by atoms with Crippen molar-refractivity contribution >= 4 is 11.6 Å². The number of rotatable bonds is 3. The highest BCUT2D eigenvalue weighted by Gasteiger charge is 2.28. The van der Waals surface area contributed by atoms with Crippen molar-refractivity contribution in [1.82, 2.24) is 10.2 Å². The topological polar surface area (TPSA) is 35.6 Å². The van der Waals surface area contributed by atoms with Crippen molar-refractivity contribution in [2.24, 2.45) is 0 Å². The molecule has 4 heteroatoms. The van der Waals surface area contributed by atoms with Gasteiger partial charge in [0.15, 0.2) is 0 Å². The molecule has 1 amide bonds. The number of para-hydroxylation sites is 1. The van der Waals surface area contributed by atoms with Gasteiger partial charge in [-0.25, -0.2) is 0 Å². The van der Waals surface area contributed by atoms with Crippen LogP contribution in [0.3, 0.4) is 0 Å². The maximum atomic E-state index is 12.5. The average molecular weight is 273 g/mol. The number of hydrogen-bond acceptors (Lipinski definition) is 3. The Labute approximate surface area is 120 Å². The first-order chi connectivity index (χ1) is 9.65. The molecule has 1 aromatic carbocycles. The number of fused-ring (bicyclic) bond motifs is 1. The molecule has 1 aromatic rings. The van der Waals surface area contributed by atoms with Crippen molar-refractivity contribution in [3.8, 4) is 0 Å². The summed E-state index contributed by atoms with van der Waals surface area (Å²) in [5.41, 5.74) is 2.48. The summed E-state index contributed by atoms with van der Waals surface area (Å²) in [6.45, 7) is 4.21. The highest BCUT2D eigenvalue weighted by molar-refractivity contribution is 5.79. The summed E-state index contributed by atoms with van der Waals surface area (Å²) in [4.78, 5) is 16.7. The first-order valence-corrected chi connectivity index (χ1v) is 7.47. The van der Waals surface area contributed by atoms with Gasteiger partial charge in [-0.15, -0.1) is 0 Å². The molecule has 20 heavy (non-hydrogen) atoms. The van der Waals surface area contributed by atoms with Crippen LogP contribution in [-0.4, -0.2) is 43.0 Å². The highest BCUT2D eigenvalue weighted by atomic mass is 16.2. The number of likely N-dealkylation sites (N-methyl/N-ethyl adjacent to an activating group) is 1. The number of hydrogen-bond donors (Lipinski definition) is 1. The minimum absolute atomic E-state index is 0.217. The molecule has 0 unspecified atom stereocenters. The maximum absolute atomic E-state index is 12.5. The second-order valence-electron chi connectivity index (χ2n) is 6.04. The van der Waals surface area contributed by atoms with E-state index in [4.69, 9.17) is 0 Å². The Morgan fingerprint density at radius 3 is 2.85 bits per heavy atom. The Morgan fingerprint density at radius 2 is 2.10 bits per heavy atom. The monoisotopic (exact) mass is 273 g/mol. The lowest BCUT2D eigenvalue weighted by molar-refractivity contribution is -0.132. The molecule has 1 N–H and O–H groups in total. The third-order valence-electron chi connectivity index (χ3n) is 4.25. The van der Waals surface area contributed by atoms with Gasteiger partial charge in [0.05, 0.1) is 6.54 Å². The lowest BCUT2D eigenvalue weighted by Crippen LogP contribution is -2.45. The van der Waals surface area contributed by atoms with Crippen molar-refractivity contribution in [2.75, 3.05) is 25.0 Å². The molecular formula is C16H23N3O. The molecular weight excluding hydrogens is 250 g/mol. The zero-order chi connectivity index (χ0) is 14.1. The average Bonchev–Trinajstić information content (AvgIpc) is 3.26. The van der Waals surface area contributed by atoms with Gasteiger partial charge < -0.3 is 15.1 Å². The van der Waals surface area contributed by atoms with Crippen LogP contribution in [0, 0.1) is 0 Å². The summed E-state index contributed by atoms with van der Waals surface area (Å²) >= 11 is 0. The number of nitrogens with zero attached hydrogens (tertiary/aromatic N) is 2. The van der Waals surface area contributed by atoms with E-state index < -0.39 is 0 Å². The molecule has 1 fully saturated rings. The van der Waals surface area contributed by atoms with Crippen LogP contribution >= 0.6 is 0 Å². The van der Waals surface area contributed by atoms with E-state index in [2.05, 4.69) is 42.4 Å². The number of nitrogens with one attached hydrogen (secondary N) is 1. The Bertz CT molecular complexity index is 498. The molecule has 108 valence electrons. The van der Waals surface area contributed by atoms with Gasteiger partial charge in [0.25, 0.3) is 0 Å². The van der Waals surface area contributed by atoms with Crippen molar-refractivity contribution < 1.29 is 4.79 Å². The lowest BCUT2D eigenvalue weighted by atomic mass is 10.1. The first kappa shape index (κ1) is 13.4. The number of carbonyl (C=O) groups excluding carboxylic acids is 1. The molecule has 0 bridgehead atoms. The van der Waals surface area contributed by atoms with Crippen molar-refractivity contribution in [1.29, 1.82) is 0 Å². The number of anilines is 1. The van der Waals surface area contributed by atoms with Crippen LogP contribution in [0.15, 0.2) is 24.3 Å². The van der Waals surface area contributed by atoms with E-state index in [0.717, 1.165) is 6.54 Å². The molecule has 2 aliphatic rings. The maximum Gasteiger partial charge on any atom is 0.237 e. The van der Waals surface area contributed by atoms with E-state index in [9.17, 15) is 4.79 Å². The molecule has 1 aliphatic carbocycles. The SMILES string of the molecule is C[C@H]1CN(C)c2ccccc2CN1C(=O)CNC1CC1. The van der Waals surface area contributed by atoms with Gasteiger partial charge in [-0.1, -0.05) is 18.2 Å². The third-order valence-corrected chi connectivity index (χ3v) is 4.25. The molecule has 1 saturated carbocycles. The van der Waals surface area contributed by atoms with Gasteiger partial charge in [-0.3, -0.25) is 4.79 Å². The molecule has 1 heterocycles. The predicted molar refractivity (Wildman–Crippen MR) is 80.7 cm³/mol. The zero-order valence-corrected chi connectivity index (χ0v) is 12.3. The van der Waals surface area contributed by atoms with Gasteiger partial charge in [0, 0.05) is 37.9 Å². The van der Waals surface area contributed by atoms with Gasteiger partial charge in [0.2, 0.25) is 5.91 Å². The fraction of sp³-hybridized carbons (Fsp3) is 0.562. The molecule has 0 spiro atoms. The van der Waals surface area contributed by atoms with E-state index in [0.29, 0.717) is 19.1 Å². The lowest BCUT2D eigenvalue weighted by Gasteiger charge is -2.28. The second-order valence-corrected chi connectivity index (χ2v) is 6.04. The van der Waals surface area contributed by atoms with Crippen LogP contribution in [0.4, 0.5) is 5.69 Å². The Morgan fingerprint density at radius 1 is 1.35 bits per heavy atom. The van der Waals surface area contributed by atoms with Crippen LogP contribution in [0.2, 0.25) is 0 Å². The van der Waals surface area contributed by atoms with Crippen molar-refractivity contribution in [2.45, 2.75) is 38.4 Å². The summed E-state index contributed by atoms with van der Waals surface area (Å²) < 4.78 is 0. The second kappa shape index (κ2) is 5.44. The normalized spacial score (nSPS) is 22.4. The van der Waals surface area contributed by atoms with Crippen LogP contribution in [0.25, 0.3) is 0 Å². The van der Waals surface area contributed by atoms with Gasteiger partial charge in [0.1, 0.15) is 0 Å². The minimum Gasteiger partial charge on any atom is -0.372 e. The summed E-state index contributed by atoms with van der Waals surface area (Å²) in [6, 6.07) is 9.19. The van der Waals surface area contributed by atoms with Gasteiger partial charge in [-0.2, -0.15) is 0 Å². The van der Waals surface area contributed by atoms with Gasteiger partial charge >= 0.3 is 0 Å². The third kappa shape index (κ3) is 2.80. The Hall–Kier alpha value is -1.55. The molecule has 0 radical (unpaired) electrons. The van der Waals surface area contributed by atoms with E-state index in [1.807, 2.05) is 11.0 Å². The van der Waals surface area contributed by atoms with Crippen LogP contribution < -0.4 is 10.2 Å². The van der Waals surface area contributed by atoms with Crippen LogP contribution in [-0.2, 0) is 11.3 Å². The zero-order valence-electron chi connectivity index (χ0n) is 12.3. The quantitative estimate of drug-likeness (QED) is 0.909. The van der Waals surface area contributed by atoms with Crippen LogP contribution in [0.1, 0.15) is 25.3 Å². The predicted octanol–water partition coefficient (Wildman–Crippen LogP) is 1.61. The molecule has 1 aliphatic heterocycles. The summed E-state index contributed by atoms with van der Waals surface area (Å²) in [7, 11) is 2.10. The van der Waals surface area contributed by atoms with E-state index in [1.54, 1.807) is 0 Å². The fourth-order valence-electron chi connectivity index (χ4n) is 2.90. The Balaban J connectivity index is 1.75. The van der Waals surface area contributed by atoms with E-state index in [1.165, 1.54) is 24.1 Å². The summed E-state index contributed by atoms with van der Waals surface area (Å²) in [5.74, 6) is 0.217. The summed E-state index contributed by atoms with van der Waals surface area (Å²) in [6.07, 6.45) is 2.43. The van der Waals surface area contributed by atoms with E-state index in [-0.39, 0.29) is 11.9 Å². The summed E-state index contributed by atoms with van der Waals surface area (Å²) in [5, 5.41) is 3.32.